The zero-order valence-electron chi connectivity index (χ0n) is 11.0. The third-order valence-electron chi connectivity index (χ3n) is 4.65. The lowest BCUT2D eigenvalue weighted by molar-refractivity contribution is 0.306. The van der Waals surface area contributed by atoms with Gasteiger partial charge in [0.2, 0.25) is 0 Å². The van der Waals surface area contributed by atoms with Crippen molar-refractivity contribution in [2.75, 3.05) is 39.3 Å². The van der Waals surface area contributed by atoms with E-state index in [4.69, 9.17) is 0 Å². The van der Waals surface area contributed by atoms with E-state index in [0.29, 0.717) is 0 Å². The molecule has 98 valence electrons. The first-order valence-electron chi connectivity index (χ1n) is 7.57. The fourth-order valence-corrected chi connectivity index (χ4v) is 3.39. The van der Waals surface area contributed by atoms with E-state index < -0.39 is 0 Å². The molecular formula is C14H27N3. The summed E-state index contributed by atoms with van der Waals surface area (Å²) in [7, 11) is 0. The van der Waals surface area contributed by atoms with E-state index in [1.54, 1.807) is 0 Å². The molecule has 1 aliphatic carbocycles. The van der Waals surface area contributed by atoms with Crippen LogP contribution >= 0.6 is 0 Å². The molecule has 0 spiro atoms. The highest BCUT2D eigenvalue weighted by Gasteiger charge is 2.34. The summed E-state index contributed by atoms with van der Waals surface area (Å²) < 4.78 is 0. The molecule has 2 heterocycles. The second-order valence-electron chi connectivity index (χ2n) is 6.25. The summed E-state index contributed by atoms with van der Waals surface area (Å²) in [6.45, 7) is 7.66. The Hall–Kier alpha value is -0.120. The van der Waals surface area contributed by atoms with Crippen molar-refractivity contribution >= 4 is 0 Å². The smallest absolute Gasteiger partial charge is 0.00965 e. The summed E-state index contributed by atoms with van der Waals surface area (Å²) in [6.07, 6.45) is 7.14. The van der Waals surface area contributed by atoms with Gasteiger partial charge in [0, 0.05) is 12.6 Å². The summed E-state index contributed by atoms with van der Waals surface area (Å²) in [5.41, 5.74) is 0. The van der Waals surface area contributed by atoms with Crippen molar-refractivity contribution in [2.24, 2.45) is 11.8 Å². The van der Waals surface area contributed by atoms with E-state index in [9.17, 15) is 0 Å². The minimum atomic E-state index is 0.879. The predicted molar refractivity (Wildman–Crippen MR) is 71.2 cm³/mol. The van der Waals surface area contributed by atoms with Crippen LogP contribution in [0.25, 0.3) is 0 Å². The van der Waals surface area contributed by atoms with E-state index in [1.807, 2.05) is 0 Å². The Morgan fingerprint density at radius 3 is 2.71 bits per heavy atom. The highest BCUT2D eigenvalue weighted by atomic mass is 15.2. The summed E-state index contributed by atoms with van der Waals surface area (Å²) in [6, 6.07) is 0.975. The van der Waals surface area contributed by atoms with Crippen LogP contribution in [0.2, 0.25) is 0 Å². The molecule has 0 aromatic heterocycles. The fraction of sp³-hybridized carbons (Fsp3) is 1.00. The van der Waals surface area contributed by atoms with Crippen LogP contribution in [0.3, 0.4) is 0 Å². The quantitative estimate of drug-likeness (QED) is 0.749. The SMILES string of the molecule is C1CNCC(CNCC2CCN(C3CC3)C2)C1. The Balaban J connectivity index is 1.29. The van der Waals surface area contributed by atoms with Gasteiger partial charge in [0.15, 0.2) is 0 Å². The minimum absolute atomic E-state index is 0.879. The van der Waals surface area contributed by atoms with Gasteiger partial charge in [-0.1, -0.05) is 0 Å². The van der Waals surface area contributed by atoms with E-state index in [1.165, 1.54) is 71.4 Å². The maximum Gasteiger partial charge on any atom is 0.00965 e. The van der Waals surface area contributed by atoms with Crippen LogP contribution in [0, 0.1) is 11.8 Å². The van der Waals surface area contributed by atoms with Gasteiger partial charge in [-0.15, -0.1) is 0 Å². The van der Waals surface area contributed by atoms with Gasteiger partial charge in [-0.3, -0.25) is 0 Å². The molecule has 0 bridgehead atoms. The third-order valence-corrected chi connectivity index (χ3v) is 4.65. The van der Waals surface area contributed by atoms with Gasteiger partial charge in [-0.2, -0.15) is 0 Å². The van der Waals surface area contributed by atoms with Crippen LogP contribution in [0.5, 0.6) is 0 Å². The van der Waals surface area contributed by atoms with E-state index in [-0.39, 0.29) is 0 Å². The predicted octanol–water partition coefficient (Wildman–Crippen LogP) is 1.06. The second kappa shape index (κ2) is 5.68. The van der Waals surface area contributed by atoms with Crippen LogP contribution in [-0.4, -0.2) is 50.2 Å². The molecule has 2 saturated heterocycles. The molecule has 0 aromatic rings. The first-order valence-corrected chi connectivity index (χ1v) is 7.57. The maximum absolute atomic E-state index is 3.71. The number of piperidine rings is 1. The van der Waals surface area contributed by atoms with Gasteiger partial charge in [0.05, 0.1) is 0 Å². The van der Waals surface area contributed by atoms with E-state index in [0.717, 1.165) is 17.9 Å². The number of hydrogen-bond donors (Lipinski definition) is 2. The first-order chi connectivity index (χ1) is 8.42. The van der Waals surface area contributed by atoms with Crippen molar-refractivity contribution in [3.8, 4) is 0 Å². The Morgan fingerprint density at radius 1 is 1.06 bits per heavy atom. The van der Waals surface area contributed by atoms with E-state index in [2.05, 4.69) is 15.5 Å². The fourth-order valence-electron chi connectivity index (χ4n) is 3.39. The third kappa shape index (κ3) is 3.43. The second-order valence-corrected chi connectivity index (χ2v) is 6.25. The average Bonchev–Trinajstić information content (AvgIpc) is 3.11. The number of nitrogens with one attached hydrogen (secondary N) is 2. The molecule has 2 atom stereocenters. The Bertz CT molecular complexity index is 234. The maximum atomic E-state index is 3.71. The zero-order chi connectivity index (χ0) is 11.5. The van der Waals surface area contributed by atoms with Crippen molar-refractivity contribution in [3.05, 3.63) is 0 Å². The molecule has 1 saturated carbocycles. The molecule has 0 aromatic carbocycles. The van der Waals surface area contributed by atoms with Crippen molar-refractivity contribution in [3.63, 3.8) is 0 Å². The summed E-state index contributed by atoms with van der Waals surface area (Å²) in [4.78, 5) is 2.72. The molecular weight excluding hydrogens is 210 g/mol. The topological polar surface area (TPSA) is 27.3 Å². The lowest BCUT2D eigenvalue weighted by Crippen LogP contribution is -2.37. The van der Waals surface area contributed by atoms with Crippen molar-refractivity contribution in [1.82, 2.24) is 15.5 Å². The zero-order valence-corrected chi connectivity index (χ0v) is 11.0. The molecule has 3 heteroatoms. The summed E-state index contributed by atoms with van der Waals surface area (Å²) in [5, 5.41) is 7.21. The van der Waals surface area contributed by atoms with Crippen molar-refractivity contribution in [1.29, 1.82) is 0 Å². The number of nitrogens with zero attached hydrogens (tertiary/aromatic N) is 1. The summed E-state index contributed by atoms with van der Waals surface area (Å²) in [5.74, 6) is 1.80. The number of likely N-dealkylation sites (tertiary alicyclic amines) is 1. The molecule has 3 nitrogen and oxygen atoms in total. The Morgan fingerprint density at radius 2 is 1.94 bits per heavy atom. The summed E-state index contributed by atoms with van der Waals surface area (Å²) >= 11 is 0. The Kier molecular flexibility index (Phi) is 3.99. The molecule has 2 unspecified atom stereocenters. The molecule has 3 aliphatic rings. The molecule has 2 N–H and O–H groups in total. The van der Waals surface area contributed by atoms with Gasteiger partial charge in [0.1, 0.15) is 0 Å². The van der Waals surface area contributed by atoms with Crippen molar-refractivity contribution < 1.29 is 0 Å². The Labute approximate surface area is 105 Å². The first kappa shape index (κ1) is 11.9. The van der Waals surface area contributed by atoms with Crippen LogP contribution in [0.4, 0.5) is 0 Å². The minimum Gasteiger partial charge on any atom is -0.316 e. The molecule has 2 aliphatic heterocycles. The lowest BCUT2D eigenvalue weighted by Gasteiger charge is -2.23. The molecule has 0 amide bonds. The van der Waals surface area contributed by atoms with Gasteiger partial charge < -0.3 is 15.5 Å². The van der Waals surface area contributed by atoms with Crippen molar-refractivity contribution in [2.45, 2.75) is 38.1 Å². The van der Waals surface area contributed by atoms with E-state index >= 15 is 0 Å². The highest BCUT2D eigenvalue weighted by Crippen LogP contribution is 2.31. The van der Waals surface area contributed by atoms with Gasteiger partial charge in [-0.25, -0.2) is 0 Å². The highest BCUT2D eigenvalue weighted by molar-refractivity contribution is 4.90. The standard InChI is InChI=1S/C14H27N3/c1-2-12(8-15-6-1)9-16-10-13-5-7-17(11-13)14-3-4-14/h12-16H,1-11H2. The molecule has 3 rings (SSSR count). The monoisotopic (exact) mass is 237 g/mol. The van der Waals surface area contributed by atoms with Gasteiger partial charge in [-0.05, 0) is 76.7 Å². The lowest BCUT2D eigenvalue weighted by atomic mass is 9.99. The van der Waals surface area contributed by atoms with Crippen LogP contribution in [0.15, 0.2) is 0 Å². The van der Waals surface area contributed by atoms with Gasteiger partial charge in [0.25, 0.3) is 0 Å². The largest absolute Gasteiger partial charge is 0.316 e. The number of rotatable bonds is 5. The molecule has 17 heavy (non-hydrogen) atoms. The van der Waals surface area contributed by atoms with Crippen LogP contribution in [-0.2, 0) is 0 Å². The van der Waals surface area contributed by atoms with Crippen LogP contribution < -0.4 is 10.6 Å². The van der Waals surface area contributed by atoms with Gasteiger partial charge >= 0.3 is 0 Å². The number of hydrogen-bond acceptors (Lipinski definition) is 3. The normalized spacial score (nSPS) is 35.3. The molecule has 3 fully saturated rings. The molecule has 0 radical (unpaired) electrons. The average molecular weight is 237 g/mol. The van der Waals surface area contributed by atoms with Crippen LogP contribution in [0.1, 0.15) is 32.1 Å².